The number of nitrogens with zero attached hydrogens (tertiary/aromatic N) is 2. The first kappa shape index (κ1) is 17.9. The Labute approximate surface area is 169 Å². The summed E-state index contributed by atoms with van der Waals surface area (Å²) in [6.45, 7) is 0.646. The molecular formula is C24H23N3O2. The summed E-state index contributed by atoms with van der Waals surface area (Å²) in [4.78, 5) is 35.0. The van der Waals surface area contributed by atoms with Crippen molar-refractivity contribution in [2.45, 2.75) is 32.2 Å². The lowest BCUT2D eigenvalue weighted by Gasteiger charge is -2.26. The number of carbonyl (C=O) groups is 2. The number of H-pyrrole nitrogens is 1. The molecule has 1 N–H and O–H groups in total. The number of hydrogen-bond donors (Lipinski definition) is 1. The minimum absolute atomic E-state index is 0.0258. The van der Waals surface area contributed by atoms with E-state index < -0.39 is 0 Å². The molecule has 0 unspecified atom stereocenters. The van der Waals surface area contributed by atoms with Crippen LogP contribution < -0.4 is 0 Å². The summed E-state index contributed by atoms with van der Waals surface area (Å²) in [5, 5.41) is 0. The second-order valence-electron chi connectivity index (χ2n) is 8.05. The van der Waals surface area contributed by atoms with Crippen LogP contribution >= 0.6 is 0 Å². The maximum absolute atomic E-state index is 13.1. The Morgan fingerprint density at radius 1 is 1.07 bits per heavy atom. The predicted octanol–water partition coefficient (Wildman–Crippen LogP) is 3.99. The third-order valence-corrected chi connectivity index (χ3v) is 5.85. The van der Waals surface area contributed by atoms with E-state index in [1.54, 1.807) is 17.3 Å². The number of aromatic amines is 1. The number of aromatic nitrogens is 2. The highest BCUT2D eigenvalue weighted by molar-refractivity contribution is 6.04. The van der Waals surface area contributed by atoms with Crippen molar-refractivity contribution in [1.82, 2.24) is 14.9 Å². The molecule has 2 aliphatic rings. The van der Waals surface area contributed by atoms with Crippen LogP contribution in [0.1, 0.15) is 46.4 Å². The molecule has 1 amide bonds. The number of nitrogens with one attached hydrogen (secondary N) is 1. The van der Waals surface area contributed by atoms with Crippen molar-refractivity contribution in [3.05, 3.63) is 77.2 Å². The molecule has 0 spiro atoms. The second-order valence-corrected chi connectivity index (χ2v) is 8.05. The van der Waals surface area contributed by atoms with Crippen molar-refractivity contribution in [3.63, 3.8) is 0 Å². The number of hydrogen-bond acceptors (Lipinski definition) is 3. The molecule has 2 aromatic heterocycles. The van der Waals surface area contributed by atoms with Gasteiger partial charge < -0.3 is 9.88 Å². The Balaban J connectivity index is 1.54. The average molecular weight is 385 g/mol. The molecule has 1 aliphatic heterocycles. The zero-order valence-electron chi connectivity index (χ0n) is 16.2. The molecule has 0 radical (unpaired) electrons. The van der Waals surface area contributed by atoms with Crippen molar-refractivity contribution >= 4 is 11.7 Å². The molecule has 5 nitrogen and oxygen atoms in total. The fourth-order valence-corrected chi connectivity index (χ4v) is 4.17. The van der Waals surface area contributed by atoms with Crippen LogP contribution in [0, 0.1) is 5.92 Å². The van der Waals surface area contributed by atoms with Crippen LogP contribution in [0.25, 0.3) is 11.3 Å². The molecular weight excluding hydrogens is 362 g/mol. The van der Waals surface area contributed by atoms with Gasteiger partial charge in [0.2, 0.25) is 5.91 Å². The first-order valence-electron chi connectivity index (χ1n) is 10.2. The van der Waals surface area contributed by atoms with Crippen LogP contribution in [0.5, 0.6) is 0 Å². The monoisotopic (exact) mass is 385 g/mol. The van der Waals surface area contributed by atoms with Crippen LogP contribution in [0.2, 0.25) is 0 Å². The van der Waals surface area contributed by atoms with Gasteiger partial charge in [0.25, 0.3) is 0 Å². The highest BCUT2D eigenvalue weighted by Crippen LogP contribution is 2.36. The quantitative estimate of drug-likeness (QED) is 0.722. The molecule has 1 aliphatic carbocycles. The van der Waals surface area contributed by atoms with E-state index in [9.17, 15) is 9.59 Å². The minimum atomic E-state index is 0.0258. The summed E-state index contributed by atoms with van der Waals surface area (Å²) in [6, 6.07) is 14.1. The highest BCUT2D eigenvalue weighted by Gasteiger charge is 2.34. The number of carbonyl (C=O) groups excluding carboxylic acids is 2. The van der Waals surface area contributed by atoms with Crippen LogP contribution in [0.3, 0.4) is 0 Å². The van der Waals surface area contributed by atoms with Gasteiger partial charge in [0.1, 0.15) is 0 Å². The molecule has 3 heterocycles. The first-order valence-corrected chi connectivity index (χ1v) is 10.2. The average Bonchev–Trinajstić information content (AvgIpc) is 3.48. The summed E-state index contributed by atoms with van der Waals surface area (Å²) >= 11 is 0. The molecule has 0 saturated heterocycles. The van der Waals surface area contributed by atoms with Gasteiger partial charge in [-0.2, -0.15) is 0 Å². The van der Waals surface area contributed by atoms with E-state index in [1.165, 1.54) is 0 Å². The number of Topliss-reactive ketones (excluding diaryl/α,β-unsaturated/α-hetero) is 1. The summed E-state index contributed by atoms with van der Waals surface area (Å²) in [6.07, 6.45) is 7.02. The lowest BCUT2D eigenvalue weighted by molar-refractivity contribution is -0.131. The van der Waals surface area contributed by atoms with Gasteiger partial charge in [0.15, 0.2) is 5.78 Å². The Kier molecular flexibility index (Phi) is 4.51. The topological polar surface area (TPSA) is 66.1 Å². The second kappa shape index (κ2) is 7.32. The lowest BCUT2D eigenvalue weighted by Crippen LogP contribution is -2.39. The molecule has 1 fully saturated rings. The third kappa shape index (κ3) is 3.60. The van der Waals surface area contributed by atoms with E-state index in [4.69, 9.17) is 0 Å². The van der Waals surface area contributed by atoms with E-state index in [0.29, 0.717) is 25.3 Å². The fraction of sp³-hybridized carbons (Fsp3) is 0.292. The van der Waals surface area contributed by atoms with Gasteiger partial charge in [-0.25, -0.2) is 0 Å². The normalized spacial score (nSPS) is 16.0. The van der Waals surface area contributed by atoms with E-state index in [-0.39, 0.29) is 18.2 Å². The largest absolute Gasteiger partial charge is 0.356 e. The van der Waals surface area contributed by atoms with Gasteiger partial charge >= 0.3 is 0 Å². The predicted molar refractivity (Wildman–Crippen MR) is 110 cm³/mol. The van der Waals surface area contributed by atoms with Gasteiger partial charge in [0, 0.05) is 42.1 Å². The number of amides is 1. The summed E-state index contributed by atoms with van der Waals surface area (Å²) in [7, 11) is 0. The molecule has 146 valence electrons. The molecule has 1 saturated carbocycles. The van der Waals surface area contributed by atoms with E-state index >= 15 is 0 Å². The molecule has 1 aromatic carbocycles. The minimum Gasteiger partial charge on any atom is -0.356 e. The Morgan fingerprint density at radius 3 is 2.55 bits per heavy atom. The Bertz CT molecular complexity index is 1050. The number of benzene rings is 1. The van der Waals surface area contributed by atoms with Crippen molar-refractivity contribution in [2.24, 2.45) is 5.92 Å². The van der Waals surface area contributed by atoms with Gasteiger partial charge in [-0.15, -0.1) is 0 Å². The maximum atomic E-state index is 13.1. The number of rotatable bonds is 5. The standard InChI is InChI=1S/C24H23N3O2/c28-21-15-27(22(29)13-17-6-7-17)14-20-23(21)19(12-16-4-2-1-3-5-16)24(26-20)18-8-10-25-11-9-18/h1-5,8-11,17,26H,6-7,12-15H2. The van der Waals surface area contributed by atoms with Gasteiger partial charge in [-0.05, 0) is 42.0 Å². The van der Waals surface area contributed by atoms with E-state index in [1.807, 2.05) is 30.3 Å². The van der Waals surface area contributed by atoms with E-state index in [2.05, 4.69) is 22.1 Å². The lowest BCUT2D eigenvalue weighted by atomic mass is 9.93. The SMILES string of the molecule is O=C1CN(C(=O)CC2CC2)Cc2[nH]c(-c3ccncc3)c(Cc3ccccc3)c21. The van der Waals surface area contributed by atoms with Gasteiger partial charge in [0.05, 0.1) is 18.8 Å². The van der Waals surface area contributed by atoms with Crippen LogP contribution in [-0.4, -0.2) is 33.1 Å². The number of pyridine rings is 1. The maximum Gasteiger partial charge on any atom is 0.223 e. The van der Waals surface area contributed by atoms with Crippen molar-refractivity contribution in [2.75, 3.05) is 6.54 Å². The van der Waals surface area contributed by atoms with Crippen LogP contribution in [0.4, 0.5) is 0 Å². The summed E-state index contributed by atoms with van der Waals surface area (Å²) < 4.78 is 0. The zero-order valence-corrected chi connectivity index (χ0v) is 16.2. The molecule has 0 bridgehead atoms. The zero-order chi connectivity index (χ0) is 19.8. The Hall–Kier alpha value is -3.21. The first-order chi connectivity index (χ1) is 14.2. The summed E-state index contributed by atoms with van der Waals surface area (Å²) in [5.41, 5.74) is 5.73. The Morgan fingerprint density at radius 2 is 1.83 bits per heavy atom. The number of ketones is 1. The smallest absolute Gasteiger partial charge is 0.223 e. The van der Waals surface area contributed by atoms with Gasteiger partial charge in [-0.1, -0.05) is 30.3 Å². The van der Waals surface area contributed by atoms with Gasteiger partial charge in [-0.3, -0.25) is 14.6 Å². The molecule has 5 rings (SSSR count). The van der Waals surface area contributed by atoms with Crippen molar-refractivity contribution in [1.29, 1.82) is 0 Å². The molecule has 0 atom stereocenters. The number of fused-ring (bicyclic) bond motifs is 1. The van der Waals surface area contributed by atoms with Crippen molar-refractivity contribution in [3.8, 4) is 11.3 Å². The van der Waals surface area contributed by atoms with Crippen LogP contribution in [-0.2, 0) is 17.8 Å². The summed E-state index contributed by atoms with van der Waals surface area (Å²) in [5.74, 6) is 0.637. The third-order valence-electron chi connectivity index (χ3n) is 5.85. The fourth-order valence-electron chi connectivity index (χ4n) is 4.17. The molecule has 5 heteroatoms. The van der Waals surface area contributed by atoms with Crippen LogP contribution in [0.15, 0.2) is 54.9 Å². The van der Waals surface area contributed by atoms with E-state index in [0.717, 1.165) is 46.5 Å². The molecule has 3 aromatic rings. The molecule has 29 heavy (non-hydrogen) atoms. The highest BCUT2D eigenvalue weighted by atomic mass is 16.2. The van der Waals surface area contributed by atoms with Crippen molar-refractivity contribution < 1.29 is 9.59 Å².